The number of nitrogens with zero attached hydrogens (tertiary/aromatic N) is 3. The zero-order valence-electron chi connectivity index (χ0n) is 17.4. The number of carbonyl (C=O) groups is 1. The first-order chi connectivity index (χ1) is 14.5. The summed E-state index contributed by atoms with van der Waals surface area (Å²) < 4.78 is 10.9. The van der Waals surface area contributed by atoms with Crippen LogP contribution < -0.4 is 4.74 Å². The molecule has 4 rings (SSSR count). The van der Waals surface area contributed by atoms with E-state index in [1.54, 1.807) is 11.2 Å². The van der Waals surface area contributed by atoms with E-state index < -0.39 is 0 Å². The number of rotatable bonds is 6. The van der Waals surface area contributed by atoms with Crippen molar-refractivity contribution in [1.82, 2.24) is 14.9 Å². The summed E-state index contributed by atoms with van der Waals surface area (Å²) in [5.74, 6) is 1.96. The maximum absolute atomic E-state index is 13.2. The molecule has 0 unspecified atom stereocenters. The fourth-order valence-corrected chi connectivity index (χ4v) is 4.66. The summed E-state index contributed by atoms with van der Waals surface area (Å²) in [7, 11) is 1.81. The van der Waals surface area contributed by atoms with E-state index in [0.717, 1.165) is 32.8 Å². The van der Waals surface area contributed by atoms with Crippen LogP contribution in [0.5, 0.6) is 5.75 Å². The van der Waals surface area contributed by atoms with E-state index in [1.165, 1.54) is 11.3 Å². The molecule has 3 aromatic heterocycles. The minimum Gasteiger partial charge on any atom is -0.494 e. The van der Waals surface area contributed by atoms with Crippen molar-refractivity contribution >= 4 is 27.5 Å². The van der Waals surface area contributed by atoms with Gasteiger partial charge in [-0.2, -0.15) is 0 Å². The lowest BCUT2D eigenvalue weighted by molar-refractivity contribution is 0.0789. The molecule has 0 atom stereocenters. The molecule has 7 heteroatoms. The molecule has 4 aromatic rings. The Kier molecular flexibility index (Phi) is 5.55. The molecule has 0 aliphatic heterocycles. The molecular weight excluding hydrogens is 398 g/mol. The minimum atomic E-state index is -0.0247. The van der Waals surface area contributed by atoms with Gasteiger partial charge < -0.3 is 14.1 Å². The van der Waals surface area contributed by atoms with Crippen LogP contribution in [0.3, 0.4) is 0 Å². The Morgan fingerprint density at radius 1 is 1.17 bits per heavy atom. The summed E-state index contributed by atoms with van der Waals surface area (Å²) >= 11 is 1.40. The molecule has 0 saturated carbocycles. The highest BCUT2D eigenvalue weighted by atomic mass is 32.1. The van der Waals surface area contributed by atoms with Crippen molar-refractivity contribution < 1.29 is 13.9 Å². The van der Waals surface area contributed by atoms with Crippen molar-refractivity contribution in [1.29, 1.82) is 0 Å². The van der Waals surface area contributed by atoms with E-state index in [9.17, 15) is 4.79 Å². The third-order valence-corrected chi connectivity index (χ3v) is 6.08. The van der Waals surface area contributed by atoms with Crippen molar-refractivity contribution in [2.45, 2.75) is 27.3 Å². The minimum absolute atomic E-state index is 0.0247. The monoisotopic (exact) mass is 421 g/mol. The predicted octanol–water partition coefficient (Wildman–Crippen LogP) is 5.24. The predicted molar refractivity (Wildman–Crippen MR) is 118 cm³/mol. The highest BCUT2D eigenvalue weighted by Crippen LogP contribution is 2.33. The maximum atomic E-state index is 13.2. The third kappa shape index (κ3) is 3.80. The Morgan fingerprint density at radius 3 is 2.60 bits per heavy atom. The molecule has 0 spiro atoms. The molecule has 0 aliphatic rings. The number of amides is 1. The Morgan fingerprint density at radius 2 is 1.93 bits per heavy atom. The van der Waals surface area contributed by atoms with Gasteiger partial charge in [0.2, 0.25) is 0 Å². The summed E-state index contributed by atoms with van der Waals surface area (Å²) in [6, 6.07) is 11.5. The first kappa shape index (κ1) is 20.1. The van der Waals surface area contributed by atoms with Gasteiger partial charge in [0.25, 0.3) is 5.91 Å². The van der Waals surface area contributed by atoms with Gasteiger partial charge in [0, 0.05) is 19.0 Å². The number of aromatic nitrogens is 2. The van der Waals surface area contributed by atoms with Crippen molar-refractivity contribution in [3.8, 4) is 17.3 Å². The van der Waals surface area contributed by atoms with Gasteiger partial charge in [0.15, 0.2) is 11.6 Å². The number of ether oxygens (including phenoxy) is 1. The van der Waals surface area contributed by atoms with E-state index in [0.29, 0.717) is 29.6 Å². The number of hydrogen-bond acceptors (Lipinski definition) is 6. The van der Waals surface area contributed by atoms with E-state index in [-0.39, 0.29) is 5.91 Å². The molecule has 1 aromatic carbocycles. The highest BCUT2D eigenvalue weighted by molar-refractivity contribution is 7.20. The lowest BCUT2D eigenvalue weighted by Gasteiger charge is -2.17. The Labute approximate surface area is 179 Å². The zero-order valence-corrected chi connectivity index (χ0v) is 18.2. The normalized spacial score (nSPS) is 11.1. The van der Waals surface area contributed by atoms with Gasteiger partial charge in [0.1, 0.15) is 10.6 Å². The van der Waals surface area contributed by atoms with Crippen LogP contribution in [0.1, 0.15) is 33.4 Å². The summed E-state index contributed by atoms with van der Waals surface area (Å²) in [5, 5.41) is 0.938. The van der Waals surface area contributed by atoms with E-state index in [2.05, 4.69) is 9.97 Å². The van der Waals surface area contributed by atoms with Crippen molar-refractivity contribution in [2.75, 3.05) is 13.7 Å². The molecule has 154 valence electrons. The largest absolute Gasteiger partial charge is 0.494 e. The first-order valence-corrected chi connectivity index (χ1v) is 10.6. The molecule has 1 amide bonds. The number of aryl methyl sites for hydroxylation is 2. The van der Waals surface area contributed by atoms with E-state index in [4.69, 9.17) is 9.15 Å². The molecule has 3 heterocycles. The lowest BCUT2D eigenvalue weighted by Crippen LogP contribution is -2.25. The van der Waals surface area contributed by atoms with E-state index in [1.807, 2.05) is 64.2 Å². The fourth-order valence-electron chi connectivity index (χ4n) is 3.44. The number of hydrogen-bond donors (Lipinski definition) is 0. The number of benzene rings is 1. The van der Waals surface area contributed by atoms with E-state index >= 15 is 0 Å². The van der Waals surface area contributed by atoms with Crippen LogP contribution in [0.15, 0.2) is 47.1 Å². The highest BCUT2D eigenvalue weighted by Gasteiger charge is 2.22. The average molecular weight is 422 g/mol. The average Bonchev–Trinajstić information content (AvgIpc) is 3.37. The van der Waals surface area contributed by atoms with Gasteiger partial charge in [0.05, 0.1) is 23.4 Å². The van der Waals surface area contributed by atoms with Crippen molar-refractivity contribution in [3.63, 3.8) is 0 Å². The first-order valence-electron chi connectivity index (χ1n) is 9.76. The molecule has 0 saturated heterocycles. The third-order valence-electron chi connectivity index (χ3n) is 4.91. The summed E-state index contributed by atoms with van der Waals surface area (Å²) in [6.45, 7) is 7.00. The van der Waals surface area contributed by atoms with Crippen LogP contribution in [-0.4, -0.2) is 34.4 Å². The molecular formula is C23H23N3O3S. The van der Waals surface area contributed by atoms with Gasteiger partial charge in [-0.25, -0.2) is 9.97 Å². The summed E-state index contributed by atoms with van der Waals surface area (Å²) in [5.41, 5.74) is 2.81. The van der Waals surface area contributed by atoms with Crippen LogP contribution in [0, 0.1) is 13.8 Å². The molecule has 0 aliphatic carbocycles. The second-order valence-corrected chi connectivity index (χ2v) is 8.08. The number of carbonyl (C=O) groups excluding carboxylic acids is 1. The number of thiophene rings is 1. The zero-order chi connectivity index (χ0) is 21.3. The van der Waals surface area contributed by atoms with Gasteiger partial charge in [-0.15, -0.1) is 11.3 Å². The topological polar surface area (TPSA) is 68.5 Å². The van der Waals surface area contributed by atoms with Gasteiger partial charge in [-0.3, -0.25) is 4.79 Å². The second-order valence-electron chi connectivity index (χ2n) is 7.08. The van der Waals surface area contributed by atoms with Gasteiger partial charge >= 0.3 is 0 Å². The van der Waals surface area contributed by atoms with Crippen LogP contribution in [0.2, 0.25) is 0 Å². The number of furan rings is 1. The van der Waals surface area contributed by atoms with Crippen LogP contribution >= 0.6 is 11.3 Å². The fraction of sp³-hybridized carbons (Fsp3) is 0.261. The quantitative estimate of drug-likeness (QED) is 0.426. The smallest absolute Gasteiger partial charge is 0.264 e. The van der Waals surface area contributed by atoms with Crippen LogP contribution in [-0.2, 0) is 6.54 Å². The number of fused-ring (bicyclic) bond motifs is 1. The van der Waals surface area contributed by atoms with Crippen molar-refractivity contribution in [3.05, 3.63) is 64.4 Å². The van der Waals surface area contributed by atoms with Crippen LogP contribution in [0.4, 0.5) is 0 Å². The van der Waals surface area contributed by atoms with Gasteiger partial charge in [-0.05, 0) is 56.2 Å². The molecule has 0 N–H and O–H groups in total. The second kappa shape index (κ2) is 8.28. The molecule has 30 heavy (non-hydrogen) atoms. The molecule has 0 bridgehead atoms. The Bertz CT molecular complexity index is 1180. The lowest BCUT2D eigenvalue weighted by atomic mass is 10.1. The molecule has 0 fully saturated rings. The standard InChI is InChI=1S/C23H23N3O3S/c1-5-28-17-10-8-16(9-11-17)13-26(4)23(27)20-14(2)19-15(3)24-21(25-22(19)30-20)18-7-6-12-29-18/h6-12H,5,13H2,1-4H3. The van der Waals surface area contributed by atoms with Gasteiger partial charge in [-0.1, -0.05) is 12.1 Å². The SMILES string of the molecule is CCOc1ccc(CN(C)C(=O)c2sc3nc(-c4ccco4)nc(C)c3c2C)cc1. The van der Waals surface area contributed by atoms with Crippen molar-refractivity contribution in [2.24, 2.45) is 0 Å². The Hall–Kier alpha value is -3.19. The molecule has 0 radical (unpaired) electrons. The molecule has 6 nitrogen and oxygen atoms in total. The maximum Gasteiger partial charge on any atom is 0.264 e. The Balaban J connectivity index is 1.60. The summed E-state index contributed by atoms with van der Waals surface area (Å²) in [4.78, 5) is 25.6. The summed E-state index contributed by atoms with van der Waals surface area (Å²) in [6.07, 6.45) is 1.60. The van der Waals surface area contributed by atoms with Crippen LogP contribution in [0.25, 0.3) is 21.8 Å².